The zero-order valence-corrected chi connectivity index (χ0v) is 24.1. The average Bonchev–Trinajstić information content (AvgIpc) is 2.86. The second kappa shape index (κ2) is 12.1. The Kier molecular flexibility index (Phi) is 9.32. The second-order valence-electron chi connectivity index (χ2n) is 9.84. The van der Waals surface area contributed by atoms with Crippen LogP contribution in [0, 0.1) is 5.82 Å². The zero-order valence-electron chi connectivity index (χ0n) is 21.7. The number of hydrogen-bond acceptors (Lipinski definition) is 4. The molecule has 0 heterocycles. The highest BCUT2D eigenvalue weighted by molar-refractivity contribution is 9.10. The molecular formula is C28H31BrFN3O4S. The molecule has 3 aromatic carbocycles. The number of anilines is 1. The van der Waals surface area contributed by atoms with E-state index >= 15 is 0 Å². The highest BCUT2D eigenvalue weighted by Crippen LogP contribution is 2.27. The van der Waals surface area contributed by atoms with Gasteiger partial charge in [-0.1, -0.05) is 58.4 Å². The Labute approximate surface area is 231 Å². The Morgan fingerprint density at radius 2 is 1.53 bits per heavy atom. The molecule has 0 aromatic heterocycles. The maximum Gasteiger partial charge on any atom is 0.264 e. The number of rotatable bonds is 9. The Balaban J connectivity index is 2.03. The Morgan fingerprint density at radius 3 is 2.11 bits per heavy atom. The molecule has 0 bridgehead atoms. The van der Waals surface area contributed by atoms with E-state index in [1.807, 2.05) is 32.9 Å². The fourth-order valence-corrected chi connectivity index (χ4v) is 5.44. The molecule has 1 N–H and O–H groups in total. The number of halogens is 2. The van der Waals surface area contributed by atoms with Crippen LogP contribution < -0.4 is 9.62 Å². The van der Waals surface area contributed by atoms with Crippen LogP contribution in [0.15, 0.2) is 88.2 Å². The van der Waals surface area contributed by atoms with Crippen molar-refractivity contribution in [3.05, 3.63) is 94.7 Å². The van der Waals surface area contributed by atoms with Crippen LogP contribution in [0.2, 0.25) is 0 Å². The first kappa shape index (κ1) is 29.3. The van der Waals surface area contributed by atoms with Crippen molar-refractivity contribution >= 4 is 43.5 Å². The van der Waals surface area contributed by atoms with Crippen molar-refractivity contribution < 1.29 is 22.4 Å². The maximum atomic E-state index is 14.9. The summed E-state index contributed by atoms with van der Waals surface area (Å²) in [6, 6.07) is 19.2. The van der Waals surface area contributed by atoms with Crippen molar-refractivity contribution in [2.45, 2.75) is 50.7 Å². The summed E-state index contributed by atoms with van der Waals surface area (Å²) in [5, 5.41) is 2.87. The number of carbonyl (C=O) groups is 2. The van der Waals surface area contributed by atoms with Crippen molar-refractivity contribution in [3.8, 4) is 0 Å². The summed E-state index contributed by atoms with van der Waals surface area (Å²) in [4.78, 5) is 28.1. The molecule has 2 amide bonds. The van der Waals surface area contributed by atoms with Crippen molar-refractivity contribution in [2.24, 2.45) is 0 Å². The van der Waals surface area contributed by atoms with E-state index in [2.05, 4.69) is 21.2 Å². The Morgan fingerprint density at radius 1 is 0.947 bits per heavy atom. The van der Waals surface area contributed by atoms with Gasteiger partial charge in [-0.3, -0.25) is 13.9 Å². The van der Waals surface area contributed by atoms with E-state index in [1.54, 1.807) is 37.3 Å². The van der Waals surface area contributed by atoms with Crippen molar-refractivity contribution in [2.75, 3.05) is 10.8 Å². The molecule has 7 nitrogen and oxygen atoms in total. The standard InChI is InChI=1S/C28H31BrFN3O4S/c1-20(27(35)31-28(2,3)4)32(18-21-14-16-22(29)17-15-21)26(34)19-33(25-13-9-8-12-24(25)30)38(36,37)23-10-6-5-7-11-23/h5-17,20H,18-19H2,1-4H3,(H,31,35)/t20-/m1/s1. The summed E-state index contributed by atoms with van der Waals surface area (Å²) in [6.07, 6.45) is 0. The van der Waals surface area contributed by atoms with Gasteiger partial charge < -0.3 is 10.2 Å². The predicted molar refractivity (Wildman–Crippen MR) is 149 cm³/mol. The SMILES string of the molecule is C[C@H](C(=O)NC(C)(C)C)N(Cc1ccc(Br)cc1)C(=O)CN(c1ccccc1F)S(=O)(=O)c1ccccc1. The summed E-state index contributed by atoms with van der Waals surface area (Å²) in [7, 11) is -4.32. The van der Waals surface area contributed by atoms with Gasteiger partial charge in [0.15, 0.2) is 0 Å². The smallest absolute Gasteiger partial charge is 0.264 e. The number of nitrogens with zero attached hydrogens (tertiary/aromatic N) is 2. The van der Waals surface area contributed by atoms with Crippen LogP contribution in [0.5, 0.6) is 0 Å². The Hall–Kier alpha value is -3.24. The predicted octanol–water partition coefficient (Wildman–Crippen LogP) is 5.12. The minimum absolute atomic E-state index is 0.0430. The van der Waals surface area contributed by atoms with Gasteiger partial charge in [-0.25, -0.2) is 12.8 Å². The number of hydrogen-bond donors (Lipinski definition) is 1. The van der Waals surface area contributed by atoms with Gasteiger partial charge in [0.1, 0.15) is 18.4 Å². The normalized spacial score (nSPS) is 12.5. The van der Waals surface area contributed by atoms with Gasteiger partial charge in [0.25, 0.3) is 10.0 Å². The van der Waals surface area contributed by atoms with Crippen LogP contribution in [-0.4, -0.2) is 43.3 Å². The van der Waals surface area contributed by atoms with Gasteiger partial charge in [0.2, 0.25) is 11.8 Å². The van der Waals surface area contributed by atoms with Crippen LogP contribution in [-0.2, 0) is 26.2 Å². The highest BCUT2D eigenvalue weighted by atomic mass is 79.9. The number of benzene rings is 3. The minimum atomic E-state index is -4.32. The quantitative estimate of drug-likeness (QED) is 0.368. The molecule has 0 radical (unpaired) electrons. The lowest BCUT2D eigenvalue weighted by Crippen LogP contribution is -2.54. The second-order valence-corrected chi connectivity index (χ2v) is 12.6. The maximum absolute atomic E-state index is 14.9. The Bertz CT molecular complexity index is 1380. The summed E-state index contributed by atoms with van der Waals surface area (Å²) in [5.74, 6) is -1.85. The lowest BCUT2D eigenvalue weighted by Gasteiger charge is -2.33. The van der Waals surface area contributed by atoms with Gasteiger partial charge in [-0.2, -0.15) is 0 Å². The number of amides is 2. The van der Waals surface area contributed by atoms with E-state index in [0.717, 1.165) is 20.4 Å². The third-order valence-corrected chi connectivity index (χ3v) is 7.97. The molecule has 0 spiro atoms. The molecule has 1 atom stereocenters. The first-order chi connectivity index (χ1) is 17.8. The minimum Gasteiger partial charge on any atom is -0.350 e. The van der Waals surface area contributed by atoms with E-state index in [1.165, 1.54) is 35.2 Å². The summed E-state index contributed by atoms with van der Waals surface area (Å²) >= 11 is 3.38. The number of sulfonamides is 1. The first-order valence-corrected chi connectivity index (χ1v) is 14.2. The fourth-order valence-electron chi connectivity index (χ4n) is 3.73. The van der Waals surface area contributed by atoms with E-state index in [0.29, 0.717) is 0 Å². The van der Waals surface area contributed by atoms with Crippen molar-refractivity contribution in [3.63, 3.8) is 0 Å². The molecule has 0 aliphatic heterocycles. The summed E-state index contributed by atoms with van der Waals surface area (Å²) < 4.78 is 43.8. The van der Waals surface area contributed by atoms with E-state index < -0.39 is 45.8 Å². The van der Waals surface area contributed by atoms with E-state index in [9.17, 15) is 22.4 Å². The van der Waals surface area contributed by atoms with Crippen LogP contribution >= 0.6 is 15.9 Å². The monoisotopic (exact) mass is 603 g/mol. The number of nitrogens with one attached hydrogen (secondary N) is 1. The van der Waals surface area contributed by atoms with E-state index in [4.69, 9.17) is 0 Å². The molecule has 202 valence electrons. The summed E-state index contributed by atoms with van der Waals surface area (Å²) in [5.41, 5.74) is -0.0755. The van der Waals surface area contributed by atoms with Crippen molar-refractivity contribution in [1.29, 1.82) is 0 Å². The van der Waals surface area contributed by atoms with E-state index in [-0.39, 0.29) is 17.1 Å². The third-order valence-electron chi connectivity index (χ3n) is 5.66. The largest absolute Gasteiger partial charge is 0.350 e. The summed E-state index contributed by atoms with van der Waals surface area (Å²) in [6.45, 7) is 6.39. The molecule has 10 heteroatoms. The number of carbonyl (C=O) groups excluding carboxylic acids is 2. The third kappa shape index (κ3) is 7.41. The number of para-hydroxylation sites is 1. The highest BCUT2D eigenvalue weighted by Gasteiger charge is 2.34. The van der Waals surface area contributed by atoms with Gasteiger partial charge in [0.05, 0.1) is 10.6 Å². The van der Waals surface area contributed by atoms with Crippen LogP contribution in [0.3, 0.4) is 0 Å². The molecule has 0 saturated heterocycles. The lowest BCUT2D eigenvalue weighted by atomic mass is 10.1. The van der Waals surface area contributed by atoms with Crippen LogP contribution in [0.4, 0.5) is 10.1 Å². The molecule has 3 rings (SSSR count). The van der Waals surface area contributed by atoms with Gasteiger partial charge in [-0.05, 0) is 69.7 Å². The molecule has 0 saturated carbocycles. The topological polar surface area (TPSA) is 86.8 Å². The zero-order chi connectivity index (χ0) is 28.1. The fraction of sp³-hybridized carbons (Fsp3) is 0.286. The van der Waals surface area contributed by atoms with Crippen LogP contribution in [0.1, 0.15) is 33.3 Å². The van der Waals surface area contributed by atoms with Crippen molar-refractivity contribution in [1.82, 2.24) is 10.2 Å². The van der Waals surface area contributed by atoms with Gasteiger partial charge in [0, 0.05) is 16.6 Å². The van der Waals surface area contributed by atoms with Gasteiger partial charge >= 0.3 is 0 Å². The molecular weight excluding hydrogens is 573 g/mol. The molecule has 0 fully saturated rings. The molecule has 0 aliphatic rings. The van der Waals surface area contributed by atoms with Crippen LogP contribution in [0.25, 0.3) is 0 Å². The lowest BCUT2D eigenvalue weighted by molar-refractivity contribution is -0.140. The molecule has 38 heavy (non-hydrogen) atoms. The molecule has 3 aromatic rings. The average molecular weight is 605 g/mol. The first-order valence-electron chi connectivity index (χ1n) is 12.0. The molecule has 0 aliphatic carbocycles. The van der Waals surface area contributed by atoms with Gasteiger partial charge in [-0.15, -0.1) is 0 Å². The molecule has 0 unspecified atom stereocenters.